The number of anilines is 2. The van der Waals surface area contributed by atoms with Crippen LogP contribution in [0, 0.1) is 11.7 Å². The molecule has 0 aliphatic heterocycles. The van der Waals surface area contributed by atoms with Crippen molar-refractivity contribution < 1.29 is 9.18 Å². The van der Waals surface area contributed by atoms with E-state index in [1.165, 1.54) is 23.1 Å². The first-order valence-corrected chi connectivity index (χ1v) is 11.0. The molecule has 0 bridgehead atoms. The van der Waals surface area contributed by atoms with Crippen molar-refractivity contribution in [1.82, 2.24) is 15.0 Å². The number of rotatable bonds is 6. The molecular weight excluding hydrogens is 425 g/mol. The van der Waals surface area contributed by atoms with E-state index in [0.29, 0.717) is 17.6 Å². The van der Waals surface area contributed by atoms with E-state index in [1.807, 2.05) is 18.3 Å². The Bertz CT molecular complexity index is 1190. The maximum absolute atomic E-state index is 13.2. The van der Waals surface area contributed by atoms with Crippen molar-refractivity contribution in [3.8, 4) is 0 Å². The molecule has 1 aromatic carbocycles. The van der Waals surface area contributed by atoms with Crippen LogP contribution in [0.1, 0.15) is 24.8 Å². The van der Waals surface area contributed by atoms with E-state index in [4.69, 9.17) is 0 Å². The number of hydrogen-bond acceptors (Lipinski definition) is 6. The molecule has 1 amide bonds. The molecule has 8 heteroatoms. The number of benzene rings is 1. The fourth-order valence-electron chi connectivity index (χ4n) is 3.26. The highest BCUT2D eigenvalue weighted by atomic mass is 32.2. The fraction of sp³-hybridized carbons (Fsp3) is 0.167. The SMILES string of the molecule is CC1CC1c1ccc(SNc2cccnc2)cc1.O=CNc1ccc2cncc(F)c2n1. The molecule has 0 radical (unpaired) electrons. The third-order valence-electron chi connectivity index (χ3n) is 5.13. The first kappa shape index (κ1) is 21.7. The first-order chi connectivity index (χ1) is 15.6. The van der Waals surface area contributed by atoms with Crippen molar-refractivity contribution in [2.75, 3.05) is 10.0 Å². The maximum Gasteiger partial charge on any atom is 0.212 e. The number of nitrogens with zero attached hydrogens (tertiary/aromatic N) is 3. The third-order valence-corrected chi connectivity index (χ3v) is 5.97. The smallest absolute Gasteiger partial charge is 0.212 e. The standard InChI is InChI=1S/C15H16N2S.C9H6FN3O/c1-11-9-15(11)12-4-6-14(7-5-12)18-17-13-3-2-8-16-10-13;10-7-4-11-3-6-1-2-8(12-5-14)13-9(6)7/h2-8,10-11,15,17H,9H2,1H3;1-5H,(H,12,13,14). The summed E-state index contributed by atoms with van der Waals surface area (Å²) >= 11 is 1.63. The van der Waals surface area contributed by atoms with Crippen molar-refractivity contribution in [2.45, 2.75) is 24.2 Å². The first-order valence-electron chi connectivity index (χ1n) is 10.2. The summed E-state index contributed by atoms with van der Waals surface area (Å²) in [6.45, 7) is 2.32. The topological polar surface area (TPSA) is 79.8 Å². The van der Waals surface area contributed by atoms with Gasteiger partial charge in [0.2, 0.25) is 6.41 Å². The number of aromatic nitrogens is 3. The number of halogens is 1. The molecule has 1 aliphatic carbocycles. The van der Waals surface area contributed by atoms with E-state index in [9.17, 15) is 9.18 Å². The lowest BCUT2D eigenvalue weighted by molar-refractivity contribution is -0.105. The summed E-state index contributed by atoms with van der Waals surface area (Å²) in [4.78, 5) is 23.0. The molecule has 0 saturated heterocycles. The minimum Gasteiger partial charge on any atom is -0.324 e. The highest BCUT2D eigenvalue weighted by Gasteiger charge is 2.33. The average molecular weight is 448 g/mol. The molecular formula is C24H22FN5OS. The second-order valence-electron chi connectivity index (χ2n) is 7.49. The second-order valence-corrected chi connectivity index (χ2v) is 8.37. The van der Waals surface area contributed by atoms with Gasteiger partial charge in [-0.1, -0.05) is 19.1 Å². The summed E-state index contributed by atoms with van der Waals surface area (Å²) in [6, 6.07) is 16.1. The predicted molar refractivity (Wildman–Crippen MR) is 126 cm³/mol. The number of carbonyl (C=O) groups is 1. The maximum atomic E-state index is 13.2. The van der Waals surface area contributed by atoms with E-state index in [1.54, 1.807) is 30.3 Å². The molecule has 6 nitrogen and oxygen atoms in total. The lowest BCUT2D eigenvalue weighted by atomic mass is 10.1. The lowest BCUT2D eigenvalue weighted by Crippen LogP contribution is -1.97. The normalized spacial score (nSPS) is 16.6. The second kappa shape index (κ2) is 10.2. The van der Waals surface area contributed by atoms with Gasteiger partial charge in [-0.15, -0.1) is 0 Å². The summed E-state index contributed by atoms with van der Waals surface area (Å²) in [5.41, 5.74) is 2.71. The zero-order chi connectivity index (χ0) is 22.3. The molecule has 162 valence electrons. The molecule has 3 aromatic heterocycles. The van der Waals surface area contributed by atoms with Crippen LogP contribution < -0.4 is 10.0 Å². The van der Waals surface area contributed by atoms with Gasteiger partial charge in [-0.3, -0.25) is 14.8 Å². The molecule has 3 heterocycles. The molecule has 4 aromatic rings. The van der Waals surface area contributed by atoms with E-state index in [0.717, 1.165) is 23.7 Å². The number of hydrogen-bond donors (Lipinski definition) is 2. The summed E-state index contributed by atoms with van der Waals surface area (Å²) < 4.78 is 16.5. The summed E-state index contributed by atoms with van der Waals surface area (Å²) in [5, 5.41) is 2.95. The summed E-state index contributed by atoms with van der Waals surface area (Å²) in [5.74, 6) is 1.49. The van der Waals surface area contributed by atoms with Crippen LogP contribution in [0.4, 0.5) is 15.9 Å². The Balaban J connectivity index is 0.000000158. The monoisotopic (exact) mass is 447 g/mol. The van der Waals surface area contributed by atoms with Crippen LogP contribution in [0.25, 0.3) is 10.9 Å². The lowest BCUT2D eigenvalue weighted by Gasteiger charge is -2.05. The largest absolute Gasteiger partial charge is 0.324 e. The third kappa shape index (κ3) is 5.59. The molecule has 0 spiro atoms. The summed E-state index contributed by atoms with van der Waals surface area (Å²) in [7, 11) is 0. The van der Waals surface area contributed by atoms with Gasteiger partial charge in [-0.05, 0) is 72.2 Å². The van der Waals surface area contributed by atoms with Gasteiger partial charge in [-0.25, -0.2) is 9.37 Å². The molecule has 1 aliphatic rings. The van der Waals surface area contributed by atoms with Crippen molar-refractivity contribution in [2.24, 2.45) is 5.92 Å². The van der Waals surface area contributed by atoms with Gasteiger partial charge in [0.1, 0.15) is 11.3 Å². The molecule has 32 heavy (non-hydrogen) atoms. The van der Waals surface area contributed by atoms with Crippen LogP contribution in [0.2, 0.25) is 0 Å². The zero-order valence-corrected chi connectivity index (χ0v) is 18.2. The van der Waals surface area contributed by atoms with E-state index >= 15 is 0 Å². The van der Waals surface area contributed by atoms with Crippen LogP contribution in [0.3, 0.4) is 0 Å². The quantitative estimate of drug-likeness (QED) is 0.293. The van der Waals surface area contributed by atoms with Crippen LogP contribution in [0.5, 0.6) is 0 Å². The van der Waals surface area contributed by atoms with Gasteiger partial charge in [0.05, 0.1) is 18.1 Å². The van der Waals surface area contributed by atoms with Gasteiger partial charge in [0.25, 0.3) is 0 Å². The molecule has 2 N–H and O–H groups in total. The molecule has 2 unspecified atom stereocenters. The Morgan fingerprint density at radius 2 is 1.88 bits per heavy atom. The number of nitrogens with one attached hydrogen (secondary N) is 2. The molecule has 5 rings (SSSR count). The van der Waals surface area contributed by atoms with E-state index in [2.05, 4.69) is 56.2 Å². The Morgan fingerprint density at radius 3 is 2.56 bits per heavy atom. The van der Waals surface area contributed by atoms with Crippen molar-refractivity contribution in [3.05, 3.63) is 84.7 Å². The van der Waals surface area contributed by atoms with Gasteiger partial charge in [0, 0.05) is 22.7 Å². The Hall–Kier alpha value is -3.52. The average Bonchev–Trinajstić information content (AvgIpc) is 3.56. The fourth-order valence-corrected chi connectivity index (χ4v) is 3.89. The van der Waals surface area contributed by atoms with Crippen molar-refractivity contribution >= 4 is 40.8 Å². The number of carbonyl (C=O) groups excluding carboxylic acids is 1. The van der Waals surface area contributed by atoms with Gasteiger partial charge in [-0.2, -0.15) is 0 Å². The van der Waals surface area contributed by atoms with Crippen molar-refractivity contribution in [1.29, 1.82) is 0 Å². The van der Waals surface area contributed by atoms with E-state index < -0.39 is 5.82 Å². The van der Waals surface area contributed by atoms with Crippen molar-refractivity contribution in [3.63, 3.8) is 0 Å². The Kier molecular flexibility index (Phi) is 6.91. The number of fused-ring (bicyclic) bond motifs is 1. The minimum atomic E-state index is -0.503. The highest BCUT2D eigenvalue weighted by Crippen LogP contribution is 2.47. The molecule has 2 atom stereocenters. The Morgan fingerprint density at radius 1 is 1.06 bits per heavy atom. The predicted octanol–water partition coefficient (Wildman–Crippen LogP) is 5.66. The number of amides is 1. The van der Waals surface area contributed by atoms with Gasteiger partial charge in [0.15, 0.2) is 5.82 Å². The van der Waals surface area contributed by atoms with Gasteiger partial charge < -0.3 is 10.0 Å². The van der Waals surface area contributed by atoms with Crippen LogP contribution in [-0.4, -0.2) is 21.4 Å². The molecule has 1 saturated carbocycles. The van der Waals surface area contributed by atoms with Crippen LogP contribution in [0.15, 0.2) is 78.2 Å². The Labute approximate surface area is 189 Å². The van der Waals surface area contributed by atoms with Gasteiger partial charge >= 0.3 is 0 Å². The zero-order valence-electron chi connectivity index (χ0n) is 17.4. The molecule has 1 fully saturated rings. The van der Waals surface area contributed by atoms with Crippen LogP contribution in [-0.2, 0) is 4.79 Å². The number of pyridine rings is 3. The minimum absolute atomic E-state index is 0.201. The highest BCUT2D eigenvalue weighted by molar-refractivity contribution is 8.00. The summed E-state index contributed by atoms with van der Waals surface area (Å²) in [6.07, 6.45) is 8.04. The van der Waals surface area contributed by atoms with E-state index in [-0.39, 0.29) is 5.52 Å². The van der Waals surface area contributed by atoms with Crippen LogP contribution >= 0.6 is 11.9 Å².